The molecule has 2 nitrogen and oxygen atoms in total. The van der Waals surface area contributed by atoms with Gasteiger partial charge in [-0.1, -0.05) is 6.07 Å². The highest BCUT2D eigenvalue weighted by atomic mass is 79.9. The van der Waals surface area contributed by atoms with Gasteiger partial charge in [0.2, 0.25) is 0 Å². The Morgan fingerprint density at radius 1 is 1.54 bits per heavy atom. The molecule has 0 N–H and O–H groups in total. The molecular weight excluding hydrogens is 252 g/mol. The summed E-state index contributed by atoms with van der Waals surface area (Å²) in [5.74, 6) is 0.717. The first kappa shape index (κ1) is 10.6. The Morgan fingerprint density at radius 2 is 2.23 bits per heavy atom. The summed E-state index contributed by atoms with van der Waals surface area (Å²) in [6.45, 7) is 1.53. The molecule has 0 fully saturated rings. The van der Waals surface area contributed by atoms with Crippen molar-refractivity contribution in [2.45, 2.75) is 11.8 Å². The Balaban J connectivity index is 3.07. The van der Waals surface area contributed by atoms with Gasteiger partial charge in [0.05, 0.1) is 12.0 Å². The zero-order chi connectivity index (χ0) is 9.84. The molecule has 0 aliphatic rings. The van der Waals surface area contributed by atoms with E-state index in [1.54, 1.807) is 7.11 Å². The molecule has 0 aliphatic heterocycles. The summed E-state index contributed by atoms with van der Waals surface area (Å²) >= 11 is 4.53. The summed E-state index contributed by atoms with van der Waals surface area (Å²) in [6, 6.07) is 5.58. The fourth-order valence-corrected chi connectivity index (χ4v) is 2.19. The van der Waals surface area contributed by atoms with Crippen LogP contribution in [-0.2, 0) is 4.79 Å². The van der Waals surface area contributed by atoms with Crippen LogP contribution in [0.5, 0.6) is 5.75 Å². The quantitative estimate of drug-likeness (QED) is 0.765. The topological polar surface area (TPSA) is 26.3 Å². The number of carbonyl (C=O) groups excluding carboxylic acids is 1. The highest BCUT2D eigenvalue weighted by molar-refractivity contribution is 9.10. The second kappa shape index (κ2) is 4.67. The van der Waals surface area contributed by atoms with Crippen molar-refractivity contribution in [2.24, 2.45) is 0 Å². The van der Waals surface area contributed by atoms with Gasteiger partial charge in [0.25, 0.3) is 0 Å². The lowest BCUT2D eigenvalue weighted by atomic mass is 10.3. The standard InChI is InChI=1S/C9H9BrO2S/c1-6(11)13-9-7(10)4-3-5-8(9)12-2/h3-5H,1-2H3. The summed E-state index contributed by atoms with van der Waals surface area (Å²) in [4.78, 5) is 11.8. The molecule has 0 radical (unpaired) electrons. The molecule has 0 amide bonds. The van der Waals surface area contributed by atoms with Crippen LogP contribution in [-0.4, -0.2) is 12.2 Å². The van der Waals surface area contributed by atoms with E-state index in [1.807, 2.05) is 18.2 Å². The predicted octanol–water partition coefficient (Wildman–Crippen LogP) is 3.10. The average Bonchev–Trinajstić information content (AvgIpc) is 2.08. The minimum atomic E-state index is 0.0465. The first-order chi connectivity index (χ1) is 6.15. The van der Waals surface area contributed by atoms with Crippen LogP contribution in [0.4, 0.5) is 0 Å². The first-order valence-electron chi connectivity index (χ1n) is 3.66. The summed E-state index contributed by atoms with van der Waals surface area (Å²) in [5, 5.41) is 0.0465. The van der Waals surface area contributed by atoms with Crippen molar-refractivity contribution in [3.05, 3.63) is 22.7 Å². The lowest BCUT2D eigenvalue weighted by molar-refractivity contribution is -0.109. The largest absolute Gasteiger partial charge is 0.496 e. The normalized spacial score (nSPS) is 9.77. The molecule has 0 saturated heterocycles. The van der Waals surface area contributed by atoms with Crippen LogP contribution in [0.15, 0.2) is 27.6 Å². The smallest absolute Gasteiger partial charge is 0.190 e. The highest BCUT2D eigenvalue weighted by Crippen LogP contribution is 2.35. The van der Waals surface area contributed by atoms with Crippen molar-refractivity contribution in [3.8, 4) is 5.75 Å². The molecule has 0 atom stereocenters. The van der Waals surface area contributed by atoms with Crippen LogP contribution >= 0.6 is 27.7 Å². The van der Waals surface area contributed by atoms with E-state index in [2.05, 4.69) is 15.9 Å². The molecule has 4 heteroatoms. The minimum Gasteiger partial charge on any atom is -0.496 e. The molecule has 0 bridgehead atoms. The van der Waals surface area contributed by atoms with E-state index in [0.717, 1.165) is 15.1 Å². The molecule has 0 spiro atoms. The zero-order valence-corrected chi connectivity index (χ0v) is 9.74. The molecule has 1 aromatic rings. The van der Waals surface area contributed by atoms with Gasteiger partial charge in [-0.3, -0.25) is 4.79 Å². The maximum absolute atomic E-state index is 10.9. The Labute approximate surface area is 89.8 Å². The fourth-order valence-electron chi connectivity index (χ4n) is 0.893. The molecule has 0 saturated carbocycles. The molecule has 0 heterocycles. The van der Waals surface area contributed by atoms with Crippen LogP contribution in [0.2, 0.25) is 0 Å². The molecule has 1 aromatic carbocycles. The van der Waals surface area contributed by atoms with Crippen LogP contribution in [0.25, 0.3) is 0 Å². The van der Waals surface area contributed by atoms with E-state index in [1.165, 1.54) is 18.7 Å². The van der Waals surface area contributed by atoms with Gasteiger partial charge in [0.1, 0.15) is 5.75 Å². The van der Waals surface area contributed by atoms with Crippen molar-refractivity contribution in [1.82, 2.24) is 0 Å². The number of rotatable bonds is 2. The summed E-state index contributed by atoms with van der Waals surface area (Å²) < 4.78 is 6.01. The molecule has 0 aliphatic carbocycles. The van der Waals surface area contributed by atoms with Crippen molar-refractivity contribution in [2.75, 3.05) is 7.11 Å². The van der Waals surface area contributed by atoms with Gasteiger partial charge in [-0.2, -0.15) is 0 Å². The number of carbonyl (C=O) groups is 1. The highest BCUT2D eigenvalue weighted by Gasteiger charge is 2.09. The predicted molar refractivity (Wildman–Crippen MR) is 57.2 cm³/mol. The molecule has 0 unspecified atom stereocenters. The van der Waals surface area contributed by atoms with Crippen molar-refractivity contribution >= 4 is 32.8 Å². The number of thioether (sulfide) groups is 1. The summed E-state index contributed by atoms with van der Waals surface area (Å²) in [5.41, 5.74) is 0. The monoisotopic (exact) mass is 260 g/mol. The number of hydrogen-bond donors (Lipinski definition) is 0. The van der Waals surface area contributed by atoms with Crippen LogP contribution in [0.3, 0.4) is 0 Å². The zero-order valence-electron chi connectivity index (χ0n) is 7.33. The van der Waals surface area contributed by atoms with Crippen molar-refractivity contribution in [1.29, 1.82) is 0 Å². The van der Waals surface area contributed by atoms with Crippen LogP contribution < -0.4 is 4.74 Å². The number of hydrogen-bond acceptors (Lipinski definition) is 3. The first-order valence-corrected chi connectivity index (χ1v) is 5.27. The van der Waals surface area contributed by atoms with E-state index in [4.69, 9.17) is 4.74 Å². The second-order valence-electron chi connectivity index (χ2n) is 2.36. The molecular formula is C9H9BrO2S. The molecule has 0 aromatic heterocycles. The minimum absolute atomic E-state index is 0.0465. The Kier molecular flexibility index (Phi) is 3.81. The maximum atomic E-state index is 10.9. The maximum Gasteiger partial charge on any atom is 0.190 e. The van der Waals surface area contributed by atoms with Gasteiger partial charge in [-0.25, -0.2) is 0 Å². The third kappa shape index (κ3) is 2.74. The van der Waals surface area contributed by atoms with E-state index in [-0.39, 0.29) is 5.12 Å². The third-order valence-corrected chi connectivity index (χ3v) is 3.23. The second-order valence-corrected chi connectivity index (χ2v) is 4.41. The van der Waals surface area contributed by atoms with Gasteiger partial charge in [-0.05, 0) is 39.8 Å². The third-order valence-electron chi connectivity index (χ3n) is 1.40. The Morgan fingerprint density at radius 3 is 2.77 bits per heavy atom. The fraction of sp³-hybridized carbons (Fsp3) is 0.222. The van der Waals surface area contributed by atoms with Crippen LogP contribution in [0.1, 0.15) is 6.92 Å². The van der Waals surface area contributed by atoms with Crippen molar-refractivity contribution < 1.29 is 9.53 Å². The van der Waals surface area contributed by atoms with E-state index in [9.17, 15) is 4.79 Å². The molecule has 13 heavy (non-hydrogen) atoms. The van der Waals surface area contributed by atoms with Gasteiger partial charge < -0.3 is 4.74 Å². The van der Waals surface area contributed by atoms with Gasteiger partial charge in [0.15, 0.2) is 5.12 Å². The molecule has 70 valence electrons. The summed E-state index contributed by atoms with van der Waals surface area (Å²) in [6.07, 6.45) is 0. The average molecular weight is 261 g/mol. The van der Waals surface area contributed by atoms with Crippen molar-refractivity contribution in [3.63, 3.8) is 0 Å². The van der Waals surface area contributed by atoms with E-state index >= 15 is 0 Å². The van der Waals surface area contributed by atoms with E-state index in [0.29, 0.717) is 0 Å². The molecule has 1 rings (SSSR count). The lowest BCUT2D eigenvalue weighted by Gasteiger charge is -2.07. The Hall–Kier alpha value is -0.480. The van der Waals surface area contributed by atoms with E-state index < -0.39 is 0 Å². The SMILES string of the molecule is COc1cccc(Br)c1SC(C)=O. The van der Waals surface area contributed by atoms with Gasteiger partial charge in [0, 0.05) is 11.4 Å². The number of ether oxygens (including phenoxy) is 1. The van der Waals surface area contributed by atoms with Gasteiger partial charge in [-0.15, -0.1) is 0 Å². The lowest BCUT2D eigenvalue weighted by Crippen LogP contribution is -1.89. The number of halogens is 1. The van der Waals surface area contributed by atoms with Gasteiger partial charge >= 0.3 is 0 Å². The summed E-state index contributed by atoms with van der Waals surface area (Å²) in [7, 11) is 1.59. The Bertz CT molecular complexity index is 325. The number of benzene rings is 1. The van der Waals surface area contributed by atoms with Crippen LogP contribution in [0, 0.1) is 0 Å². The number of methoxy groups -OCH3 is 1.